The van der Waals surface area contributed by atoms with Crippen molar-refractivity contribution in [3.8, 4) is 28.1 Å². The molecule has 0 spiro atoms. The summed E-state index contributed by atoms with van der Waals surface area (Å²) in [6, 6.07) is 2.33. The van der Waals surface area contributed by atoms with Gasteiger partial charge in [0, 0.05) is 42.0 Å². The largest absolute Gasteiger partial charge is 0.507 e. The molecule has 2 saturated heterocycles. The molecule has 2 aliphatic rings. The van der Waals surface area contributed by atoms with Gasteiger partial charge in [0.05, 0.1) is 30.3 Å². The molecule has 0 amide bonds. The molecule has 2 aliphatic heterocycles. The SMILES string of the molecule is CN(c1cnc(-c2cc(F)c(-c3cnn(CF)c3)cc2O)cn1)C1C[C@H]2CC[C@H](N2)C1F. The number of rotatable bonds is 5. The molecule has 1 aromatic carbocycles. The maximum absolute atomic E-state index is 14.9. The van der Waals surface area contributed by atoms with Crippen LogP contribution in [0.1, 0.15) is 19.3 Å². The molecule has 2 N–H and O–H groups in total. The molecule has 10 heteroatoms. The van der Waals surface area contributed by atoms with Gasteiger partial charge in [0.25, 0.3) is 0 Å². The number of hydrogen-bond donors (Lipinski definition) is 2. The van der Waals surface area contributed by atoms with Gasteiger partial charge in [-0.25, -0.2) is 22.8 Å². The fourth-order valence-electron chi connectivity index (χ4n) is 4.72. The summed E-state index contributed by atoms with van der Waals surface area (Å²) in [5.41, 5.74) is 0.910. The number of nitrogens with one attached hydrogen (secondary N) is 1. The van der Waals surface area contributed by atoms with Gasteiger partial charge in [0.15, 0.2) is 6.80 Å². The molecule has 168 valence electrons. The molecule has 2 unspecified atom stereocenters. The van der Waals surface area contributed by atoms with Crippen molar-refractivity contribution in [2.75, 3.05) is 11.9 Å². The first kappa shape index (κ1) is 20.7. The lowest BCUT2D eigenvalue weighted by Crippen LogP contribution is -2.55. The molecular weight excluding hydrogens is 421 g/mol. The first-order valence-electron chi connectivity index (χ1n) is 10.5. The fraction of sp³-hybridized carbons (Fsp3) is 0.409. The predicted octanol–water partition coefficient (Wildman–Crippen LogP) is 3.45. The minimum Gasteiger partial charge on any atom is -0.507 e. The summed E-state index contributed by atoms with van der Waals surface area (Å²) in [7, 11) is 1.80. The summed E-state index contributed by atoms with van der Waals surface area (Å²) in [6.45, 7) is -0.829. The zero-order valence-electron chi connectivity index (χ0n) is 17.4. The Kier molecular flexibility index (Phi) is 5.24. The summed E-state index contributed by atoms with van der Waals surface area (Å²) in [5.74, 6) is -0.286. The molecular formula is C22H23F3N6O. The van der Waals surface area contributed by atoms with Crippen LogP contribution in [0, 0.1) is 5.82 Å². The second kappa shape index (κ2) is 8.09. The molecule has 0 aliphatic carbocycles. The van der Waals surface area contributed by atoms with Gasteiger partial charge in [-0.05, 0) is 31.4 Å². The molecule has 3 aromatic rings. The van der Waals surface area contributed by atoms with Gasteiger partial charge in [0.1, 0.15) is 23.6 Å². The predicted molar refractivity (Wildman–Crippen MR) is 113 cm³/mol. The van der Waals surface area contributed by atoms with E-state index in [0.29, 0.717) is 23.8 Å². The Morgan fingerprint density at radius 1 is 1.19 bits per heavy atom. The second-order valence-corrected chi connectivity index (χ2v) is 8.40. The number of phenolic OH excluding ortho intramolecular Hbond substituents is 1. The summed E-state index contributed by atoms with van der Waals surface area (Å²) < 4.78 is 43.3. The van der Waals surface area contributed by atoms with Gasteiger partial charge >= 0.3 is 0 Å². The number of phenols is 1. The van der Waals surface area contributed by atoms with E-state index in [-0.39, 0.29) is 34.7 Å². The summed E-state index contributed by atoms with van der Waals surface area (Å²) in [6.07, 6.45) is 7.15. The van der Waals surface area contributed by atoms with Crippen LogP contribution in [0.25, 0.3) is 22.4 Å². The number of aromatic hydroxyl groups is 1. The van der Waals surface area contributed by atoms with Gasteiger partial charge in [-0.15, -0.1) is 0 Å². The molecule has 32 heavy (non-hydrogen) atoms. The highest BCUT2D eigenvalue weighted by Crippen LogP contribution is 2.36. The topological polar surface area (TPSA) is 79.1 Å². The average molecular weight is 444 g/mol. The molecule has 0 saturated carbocycles. The van der Waals surface area contributed by atoms with Crippen molar-refractivity contribution in [1.29, 1.82) is 0 Å². The van der Waals surface area contributed by atoms with Gasteiger partial charge in [-0.3, -0.25) is 4.98 Å². The fourth-order valence-corrected chi connectivity index (χ4v) is 4.72. The van der Waals surface area contributed by atoms with Gasteiger partial charge in [0.2, 0.25) is 0 Å². The number of fused-ring (bicyclic) bond motifs is 2. The third kappa shape index (κ3) is 3.58. The van der Waals surface area contributed by atoms with Gasteiger partial charge < -0.3 is 15.3 Å². The molecule has 5 rings (SSSR count). The normalized spacial score (nSPS) is 24.6. The van der Waals surface area contributed by atoms with Crippen molar-refractivity contribution in [3.05, 3.63) is 42.7 Å². The number of benzene rings is 1. The number of alkyl halides is 2. The van der Waals surface area contributed by atoms with Crippen LogP contribution in [-0.2, 0) is 6.80 Å². The number of hydrogen-bond acceptors (Lipinski definition) is 6. The highest BCUT2D eigenvalue weighted by atomic mass is 19.1. The maximum Gasteiger partial charge on any atom is 0.181 e. The van der Waals surface area contributed by atoms with E-state index in [1.807, 2.05) is 0 Å². The summed E-state index contributed by atoms with van der Waals surface area (Å²) in [4.78, 5) is 10.5. The van der Waals surface area contributed by atoms with E-state index in [1.165, 1.54) is 30.9 Å². The Morgan fingerprint density at radius 3 is 2.75 bits per heavy atom. The van der Waals surface area contributed by atoms with Crippen LogP contribution in [0.15, 0.2) is 36.9 Å². The summed E-state index contributed by atoms with van der Waals surface area (Å²) >= 11 is 0. The first-order valence-corrected chi connectivity index (χ1v) is 10.5. The van der Waals surface area contributed by atoms with E-state index in [2.05, 4.69) is 20.4 Å². The van der Waals surface area contributed by atoms with Gasteiger partial charge in [-0.2, -0.15) is 5.10 Å². The van der Waals surface area contributed by atoms with E-state index in [9.17, 15) is 18.3 Å². The van der Waals surface area contributed by atoms with Crippen molar-refractivity contribution in [2.45, 2.75) is 50.4 Å². The van der Waals surface area contributed by atoms with Crippen molar-refractivity contribution in [3.63, 3.8) is 0 Å². The van der Waals surface area contributed by atoms with Crippen LogP contribution in [0.3, 0.4) is 0 Å². The van der Waals surface area contributed by atoms with Crippen LogP contribution in [0.5, 0.6) is 5.75 Å². The molecule has 2 bridgehead atoms. The minimum atomic E-state index is -0.993. The van der Waals surface area contributed by atoms with Crippen molar-refractivity contribution in [2.24, 2.45) is 0 Å². The van der Waals surface area contributed by atoms with Crippen LogP contribution in [0.4, 0.5) is 19.0 Å². The number of halogens is 3. The highest BCUT2D eigenvalue weighted by molar-refractivity contribution is 5.74. The Morgan fingerprint density at radius 2 is 2.03 bits per heavy atom. The van der Waals surface area contributed by atoms with Crippen molar-refractivity contribution >= 4 is 5.82 Å². The second-order valence-electron chi connectivity index (χ2n) is 8.40. The lowest BCUT2D eigenvalue weighted by atomic mass is 9.96. The molecule has 4 atom stereocenters. The van der Waals surface area contributed by atoms with E-state index >= 15 is 0 Å². The van der Waals surface area contributed by atoms with Crippen molar-refractivity contribution in [1.82, 2.24) is 25.1 Å². The average Bonchev–Trinajstić information content (AvgIpc) is 3.45. The zero-order chi connectivity index (χ0) is 22.4. The Balaban J connectivity index is 1.38. The number of anilines is 1. The quantitative estimate of drug-likeness (QED) is 0.628. The van der Waals surface area contributed by atoms with Crippen LogP contribution in [-0.4, -0.2) is 56.2 Å². The lowest BCUT2D eigenvalue weighted by molar-refractivity contribution is 0.176. The summed E-state index contributed by atoms with van der Waals surface area (Å²) in [5, 5.41) is 17.6. The Bertz CT molecular complexity index is 1120. The smallest absolute Gasteiger partial charge is 0.181 e. The van der Waals surface area contributed by atoms with E-state index < -0.39 is 18.8 Å². The first-order chi connectivity index (χ1) is 15.4. The van der Waals surface area contributed by atoms with E-state index in [0.717, 1.165) is 23.6 Å². The highest BCUT2D eigenvalue weighted by Gasteiger charge is 2.43. The standard InChI is InChI=1S/C22H23F3N6O/c1-30(19-4-13-2-3-17(29-13)22(19)25)21-9-26-18(8-27-21)15-5-16(24)14(6-20(15)32)12-7-28-31(10-12)11-23/h5-10,13,17,19,22,29,32H,2-4,11H2,1H3/t13-,17+,19?,22?/m1/s1. The third-order valence-corrected chi connectivity index (χ3v) is 6.48. The molecule has 2 fully saturated rings. The van der Waals surface area contributed by atoms with E-state index in [4.69, 9.17) is 0 Å². The maximum atomic E-state index is 14.9. The number of nitrogens with zero attached hydrogens (tertiary/aromatic N) is 5. The molecule has 0 radical (unpaired) electrons. The van der Waals surface area contributed by atoms with Gasteiger partial charge in [-0.1, -0.05) is 0 Å². The molecule has 2 aromatic heterocycles. The minimum absolute atomic E-state index is 0.102. The van der Waals surface area contributed by atoms with Crippen LogP contribution >= 0.6 is 0 Å². The van der Waals surface area contributed by atoms with E-state index in [1.54, 1.807) is 11.9 Å². The molecule has 4 heterocycles. The molecule has 7 nitrogen and oxygen atoms in total. The Labute approximate surface area is 182 Å². The number of piperidine rings is 1. The zero-order valence-corrected chi connectivity index (χ0v) is 17.4. The Hall–Kier alpha value is -3.14. The van der Waals surface area contributed by atoms with Crippen LogP contribution < -0.4 is 10.2 Å². The van der Waals surface area contributed by atoms with Crippen LogP contribution in [0.2, 0.25) is 0 Å². The van der Waals surface area contributed by atoms with Crippen molar-refractivity contribution < 1.29 is 18.3 Å². The monoisotopic (exact) mass is 444 g/mol. The number of aromatic nitrogens is 4. The third-order valence-electron chi connectivity index (χ3n) is 6.48. The lowest BCUT2D eigenvalue weighted by Gasteiger charge is -2.38.